The number of hydrogen-bond donors (Lipinski definition) is 5. The zero-order chi connectivity index (χ0) is 25.2. The van der Waals surface area contributed by atoms with Gasteiger partial charge in [-0.15, -0.1) is 0 Å². The maximum Gasteiger partial charge on any atom is 0.344 e. The van der Waals surface area contributed by atoms with Crippen molar-refractivity contribution in [3.63, 3.8) is 0 Å². The molecule has 182 valence electrons. The highest BCUT2D eigenvalue weighted by Crippen LogP contribution is 2.25. The van der Waals surface area contributed by atoms with Crippen molar-refractivity contribution < 1.29 is 24.2 Å². The van der Waals surface area contributed by atoms with Gasteiger partial charge in [0, 0.05) is 30.2 Å². The molecule has 0 aliphatic heterocycles. The van der Waals surface area contributed by atoms with E-state index >= 15 is 0 Å². The van der Waals surface area contributed by atoms with Crippen LogP contribution in [0.2, 0.25) is 0 Å². The molecule has 1 unspecified atom stereocenters. The maximum absolute atomic E-state index is 13.1. The zero-order valence-electron chi connectivity index (χ0n) is 19.4. The third kappa shape index (κ3) is 7.19. The van der Waals surface area contributed by atoms with Gasteiger partial charge in [-0.25, -0.2) is 14.6 Å². The number of ether oxygens (including phenoxy) is 1. The average molecular weight is 478 g/mol. The highest BCUT2D eigenvalue weighted by molar-refractivity contribution is 6.08. The van der Waals surface area contributed by atoms with Crippen LogP contribution in [0.25, 0.3) is 0 Å². The van der Waals surface area contributed by atoms with Gasteiger partial charge in [-0.05, 0) is 49.7 Å². The number of rotatable bonds is 10. The van der Waals surface area contributed by atoms with Gasteiger partial charge < -0.3 is 25.8 Å². The number of carboxylic acid groups (broad SMARTS) is 1. The van der Waals surface area contributed by atoms with E-state index < -0.39 is 24.0 Å². The second-order valence-corrected chi connectivity index (χ2v) is 7.42. The summed E-state index contributed by atoms with van der Waals surface area (Å²) in [7, 11) is 0. The standard InChI is InChI=1S/C25H27N5O5/c1-3-21(24(32)33)35-18-12-10-17(11-13-18)29-23(31)19-15-27-22(30-25(34)26-4-2)14-20(19)28-16-8-6-5-7-9-16/h5-15,21H,3-4H2,1-2H3,(H,29,31)(H,32,33)(H3,26,27,28,30,34). The number of aliphatic carboxylic acids is 1. The first-order valence-corrected chi connectivity index (χ1v) is 11.1. The molecule has 10 nitrogen and oxygen atoms in total. The molecule has 0 bridgehead atoms. The Kier molecular flexibility index (Phi) is 8.60. The lowest BCUT2D eigenvalue weighted by Crippen LogP contribution is -2.28. The summed E-state index contributed by atoms with van der Waals surface area (Å²) >= 11 is 0. The molecule has 3 aromatic rings. The van der Waals surface area contributed by atoms with Crippen LogP contribution in [0.3, 0.4) is 0 Å². The number of aromatic nitrogens is 1. The van der Waals surface area contributed by atoms with Crippen LogP contribution in [0.4, 0.5) is 27.7 Å². The number of urea groups is 1. The van der Waals surface area contributed by atoms with E-state index in [1.165, 1.54) is 6.20 Å². The number of carboxylic acids is 1. The summed E-state index contributed by atoms with van der Waals surface area (Å²) in [5, 5.41) is 20.4. The van der Waals surface area contributed by atoms with Gasteiger partial charge in [0.25, 0.3) is 5.91 Å². The minimum atomic E-state index is -1.04. The number of nitrogens with one attached hydrogen (secondary N) is 4. The van der Waals surface area contributed by atoms with Crippen molar-refractivity contribution in [1.82, 2.24) is 10.3 Å². The molecule has 3 rings (SSSR count). The van der Waals surface area contributed by atoms with E-state index in [2.05, 4.69) is 26.3 Å². The fourth-order valence-electron chi connectivity index (χ4n) is 3.09. The van der Waals surface area contributed by atoms with Gasteiger partial charge in [0.15, 0.2) is 6.10 Å². The molecule has 0 saturated carbocycles. The quantitative estimate of drug-likeness (QED) is 0.290. The fraction of sp³-hybridized carbons (Fsp3) is 0.200. The SMILES string of the molecule is CCNC(=O)Nc1cc(Nc2ccccc2)c(C(=O)Nc2ccc(OC(CC)C(=O)O)cc2)cn1. The number of benzene rings is 2. The van der Waals surface area contributed by atoms with E-state index in [0.29, 0.717) is 30.1 Å². The minimum Gasteiger partial charge on any atom is -0.479 e. The second kappa shape index (κ2) is 12.0. The van der Waals surface area contributed by atoms with Gasteiger partial charge in [0.1, 0.15) is 11.6 Å². The van der Waals surface area contributed by atoms with Crippen molar-refractivity contribution in [2.45, 2.75) is 26.4 Å². The van der Waals surface area contributed by atoms with E-state index in [4.69, 9.17) is 9.84 Å². The summed E-state index contributed by atoms with van der Waals surface area (Å²) in [6.45, 7) is 3.98. The fourth-order valence-corrected chi connectivity index (χ4v) is 3.09. The summed E-state index contributed by atoms with van der Waals surface area (Å²) in [5.41, 5.74) is 1.94. The Morgan fingerprint density at radius 3 is 2.31 bits per heavy atom. The number of para-hydroxylation sites is 1. The van der Waals surface area contributed by atoms with Crippen LogP contribution >= 0.6 is 0 Å². The summed E-state index contributed by atoms with van der Waals surface area (Å²) in [6.07, 6.45) is 0.751. The van der Waals surface area contributed by atoms with Crippen LogP contribution in [0.15, 0.2) is 66.9 Å². The largest absolute Gasteiger partial charge is 0.479 e. The molecule has 35 heavy (non-hydrogen) atoms. The van der Waals surface area contributed by atoms with Crippen molar-refractivity contribution in [3.05, 3.63) is 72.4 Å². The third-order valence-electron chi connectivity index (χ3n) is 4.82. The molecule has 0 spiro atoms. The average Bonchev–Trinajstić information content (AvgIpc) is 2.84. The molecule has 0 aliphatic carbocycles. The first-order valence-electron chi connectivity index (χ1n) is 11.1. The van der Waals surface area contributed by atoms with E-state index in [0.717, 1.165) is 5.69 Å². The van der Waals surface area contributed by atoms with Crippen LogP contribution in [0, 0.1) is 0 Å². The molecular weight excluding hydrogens is 450 g/mol. The number of amides is 3. The van der Waals surface area contributed by atoms with Gasteiger partial charge >= 0.3 is 12.0 Å². The van der Waals surface area contributed by atoms with E-state index in [1.54, 1.807) is 44.2 Å². The first-order chi connectivity index (χ1) is 16.9. The van der Waals surface area contributed by atoms with Gasteiger partial charge in [0.2, 0.25) is 0 Å². The van der Waals surface area contributed by atoms with Crippen molar-refractivity contribution in [2.24, 2.45) is 0 Å². The summed E-state index contributed by atoms with van der Waals surface area (Å²) in [6, 6.07) is 16.8. The smallest absolute Gasteiger partial charge is 0.344 e. The summed E-state index contributed by atoms with van der Waals surface area (Å²) in [4.78, 5) is 40.3. The van der Waals surface area contributed by atoms with Gasteiger partial charge in [-0.1, -0.05) is 25.1 Å². The van der Waals surface area contributed by atoms with Crippen molar-refractivity contribution in [2.75, 3.05) is 22.5 Å². The Hall–Kier alpha value is -4.60. The Bertz CT molecular complexity index is 1170. The van der Waals surface area contributed by atoms with Crippen molar-refractivity contribution in [1.29, 1.82) is 0 Å². The third-order valence-corrected chi connectivity index (χ3v) is 4.82. The molecule has 3 amide bonds. The zero-order valence-corrected chi connectivity index (χ0v) is 19.4. The molecule has 0 fully saturated rings. The highest BCUT2D eigenvalue weighted by atomic mass is 16.5. The summed E-state index contributed by atoms with van der Waals surface area (Å²) in [5.74, 6) is -0.811. The monoisotopic (exact) mass is 477 g/mol. The molecule has 1 heterocycles. The predicted octanol–water partition coefficient (Wildman–Crippen LogP) is 4.46. The molecular formula is C25H27N5O5. The van der Waals surface area contributed by atoms with Gasteiger partial charge in [-0.3, -0.25) is 10.1 Å². The number of carbonyl (C=O) groups excluding carboxylic acids is 2. The Balaban J connectivity index is 1.79. The van der Waals surface area contributed by atoms with Crippen molar-refractivity contribution in [3.8, 4) is 5.75 Å². The number of carbonyl (C=O) groups is 3. The Morgan fingerprint density at radius 1 is 0.971 bits per heavy atom. The molecule has 0 saturated heterocycles. The molecule has 5 N–H and O–H groups in total. The Morgan fingerprint density at radius 2 is 1.69 bits per heavy atom. The second-order valence-electron chi connectivity index (χ2n) is 7.42. The minimum absolute atomic E-state index is 0.257. The van der Waals surface area contributed by atoms with Gasteiger partial charge in [-0.2, -0.15) is 0 Å². The van der Waals surface area contributed by atoms with Crippen LogP contribution < -0.4 is 26.0 Å². The summed E-state index contributed by atoms with van der Waals surface area (Å²) < 4.78 is 5.45. The maximum atomic E-state index is 13.1. The van der Waals surface area contributed by atoms with E-state index in [-0.39, 0.29) is 11.4 Å². The molecule has 1 atom stereocenters. The van der Waals surface area contributed by atoms with Crippen LogP contribution in [0.5, 0.6) is 5.75 Å². The van der Waals surface area contributed by atoms with Gasteiger partial charge in [0.05, 0.1) is 11.3 Å². The van der Waals surface area contributed by atoms with Crippen LogP contribution in [-0.4, -0.2) is 40.6 Å². The predicted molar refractivity (Wildman–Crippen MR) is 133 cm³/mol. The Labute approximate surface area is 202 Å². The first kappa shape index (κ1) is 25.0. The molecule has 10 heteroatoms. The number of pyridine rings is 1. The number of anilines is 4. The molecule has 2 aromatic carbocycles. The highest BCUT2D eigenvalue weighted by Gasteiger charge is 2.18. The molecule has 0 radical (unpaired) electrons. The number of hydrogen-bond acceptors (Lipinski definition) is 6. The lowest BCUT2D eigenvalue weighted by Gasteiger charge is -2.15. The number of nitrogens with zero attached hydrogens (tertiary/aromatic N) is 1. The topological polar surface area (TPSA) is 142 Å². The van der Waals surface area contributed by atoms with Crippen LogP contribution in [0.1, 0.15) is 30.6 Å². The molecule has 1 aromatic heterocycles. The van der Waals surface area contributed by atoms with Crippen LogP contribution in [-0.2, 0) is 4.79 Å². The molecule has 0 aliphatic rings. The van der Waals surface area contributed by atoms with E-state index in [1.807, 2.05) is 30.3 Å². The lowest BCUT2D eigenvalue weighted by atomic mass is 10.2. The lowest BCUT2D eigenvalue weighted by molar-refractivity contribution is -0.145. The van der Waals surface area contributed by atoms with E-state index in [9.17, 15) is 14.4 Å². The normalized spacial score (nSPS) is 11.1. The van der Waals surface area contributed by atoms with Crippen molar-refractivity contribution >= 4 is 40.8 Å².